The summed E-state index contributed by atoms with van der Waals surface area (Å²) in [5, 5.41) is 4.15. The number of hydrogen-bond acceptors (Lipinski definition) is 3. The molecule has 0 radical (unpaired) electrons. The van der Waals surface area contributed by atoms with Crippen LogP contribution in [-0.4, -0.2) is 11.7 Å². The molecule has 1 atom stereocenters. The SMILES string of the molecule is CCCCCCCC1CCC/C1=N/OC(=O)C(C)(C)C. The molecule has 0 spiro atoms. The van der Waals surface area contributed by atoms with Crippen molar-refractivity contribution in [2.24, 2.45) is 16.5 Å². The maximum absolute atomic E-state index is 11.7. The summed E-state index contributed by atoms with van der Waals surface area (Å²) < 4.78 is 0. The average molecular weight is 281 g/mol. The Balaban J connectivity index is 2.35. The second-order valence-corrected chi connectivity index (χ2v) is 7.00. The van der Waals surface area contributed by atoms with Gasteiger partial charge in [-0.05, 0) is 46.5 Å². The van der Waals surface area contributed by atoms with Crippen LogP contribution in [0.1, 0.15) is 85.5 Å². The smallest absolute Gasteiger partial charge is 0.318 e. The zero-order valence-electron chi connectivity index (χ0n) is 13.7. The lowest BCUT2D eigenvalue weighted by molar-refractivity contribution is -0.153. The molecule has 0 aromatic rings. The molecule has 3 heteroatoms. The van der Waals surface area contributed by atoms with Crippen LogP contribution in [0.25, 0.3) is 0 Å². The third-order valence-electron chi connectivity index (χ3n) is 3.97. The molecule has 0 aliphatic heterocycles. The van der Waals surface area contributed by atoms with E-state index in [4.69, 9.17) is 4.84 Å². The van der Waals surface area contributed by atoms with E-state index in [9.17, 15) is 4.79 Å². The molecule has 1 aliphatic rings. The topological polar surface area (TPSA) is 38.7 Å². The van der Waals surface area contributed by atoms with Gasteiger partial charge in [-0.3, -0.25) is 0 Å². The summed E-state index contributed by atoms with van der Waals surface area (Å²) in [6, 6.07) is 0. The van der Waals surface area contributed by atoms with E-state index in [1.807, 2.05) is 20.8 Å². The molecular formula is C17H31NO2. The number of unbranched alkanes of at least 4 members (excludes halogenated alkanes) is 4. The van der Waals surface area contributed by atoms with Crippen molar-refractivity contribution in [1.29, 1.82) is 0 Å². The molecule has 1 rings (SSSR count). The minimum Gasteiger partial charge on any atom is -0.318 e. The molecule has 0 N–H and O–H groups in total. The van der Waals surface area contributed by atoms with E-state index >= 15 is 0 Å². The van der Waals surface area contributed by atoms with Crippen LogP contribution in [-0.2, 0) is 9.63 Å². The third kappa shape index (κ3) is 6.06. The lowest BCUT2D eigenvalue weighted by Crippen LogP contribution is -2.22. The Kier molecular flexibility index (Phi) is 7.25. The molecule has 0 heterocycles. The molecule has 0 bridgehead atoms. The van der Waals surface area contributed by atoms with Gasteiger partial charge >= 0.3 is 5.97 Å². The Morgan fingerprint density at radius 2 is 1.95 bits per heavy atom. The van der Waals surface area contributed by atoms with Gasteiger partial charge in [0.25, 0.3) is 0 Å². The van der Waals surface area contributed by atoms with E-state index in [-0.39, 0.29) is 5.97 Å². The van der Waals surface area contributed by atoms with Gasteiger partial charge in [0.15, 0.2) is 0 Å². The summed E-state index contributed by atoms with van der Waals surface area (Å²) >= 11 is 0. The number of rotatable bonds is 7. The van der Waals surface area contributed by atoms with Gasteiger partial charge in [0.2, 0.25) is 0 Å². The van der Waals surface area contributed by atoms with Crippen LogP contribution in [0.5, 0.6) is 0 Å². The van der Waals surface area contributed by atoms with Gasteiger partial charge in [0.1, 0.15) is 0 Å². The third-order valence-corrected chi connectivity index (χ3v) is 3.97. The highest BCUT2D eigenvalue weighted by atomic mass is 16.7. The van der Waals surface area contributed by atoms with Crippen LogP contribution in [0.3, 0.4) is 0 Å². The van der Waals surface area contributed by atoms with Gasteiger partial charge in [0, 0.05) is 5.92 Å². The Bertz CT molecular complexity index is 328. The number of oxime groups is 1. The minimum atomic E-state index is -0.474. The van der Waals surface area contributed by atoms with E-state index in [0.717, 1.165) is 12.1 Å². The first-order valence-electron chi connectivity index (χ1n) is 8.23. The van der Waals surface area contributed by atoms with Crippen molar-refractivity contribution in [3.8, 4) is 0 Å². The van der Waals surface area contributed by atoms with Crippen molar-refractivity contribution in [3.63, 3.8) is 0 Å². The fraction of sp³-hybridized carbons (Fsp3) is 0.882. The van der Waals surface area contributed by atoms with Gasteiger partial charge in [-0.1, -0.05) is 44.2 Å². The second-order valence-electron chi connectivity index (χ2n) is 7.00. The van der Waals surface area contributed by atoms with E-state index in [1.54, 1.807) is 0 Å². The highest BCUT2D eigenvalue weighted by Crippen LogP contribution is 2.28. The van der Waals surface area contributed by atoms with Crippen molar-refractivity contribution in [1.82, 2.24) is 0 Å². The maximum Gasteiger partial charge on any atom is 0.340 e. The van der Waals surface area contributed by atoms with Crippen LogP contribution >= 0.6 is 0 Å². The highest BCUT2D eigenvalue weighted by Gasteiger charge is 2.26. The second kappa shape index (κ2) is 8.43. The van der Waals surface area contributed by atoms with Crippen LogP contribution in [0.2, 0.25) is 0 Å². The van der Waals surface area contributed by atoms with Crippen LogP contribution < -0.4 is 0 Å². The van der Waals surface area contributed by atoms with Gasteiger partial charge < -0.3 is 4.84 Å². The van der Waals surface area contributed by atoms with E-state index in [1.165, 1.54) is 51.4 Å². The summed E-state index contributed by atoms with van der Waals surface area (Å²) in [5.41, 5.74) is 0.635. The Hall–Kier alpha value is -0.860. The molecule has 3 nitrogen and oxygen atoms in total. The van der Waals surface area contributed by atoms with Crippen LogP contribution in [0, 0.1) is 11.3 Å². The van der Waals surface area contributed by atoms with Crippen molar-refractivity contribution >= 4 is 11.7 Å². The van der Waals surface area contributed by atoms with Crippen molar-refractivity contribution in [2.45, 2.75) is 85.5 Å². The molecule has 0 aromatic heterocycles. The average Bonchev–Trinajstić information content (AvgIpc) is 2.82. The lowest BCUT2D eigenvalue weighted by Gasteiger charge is -2.14. The summed E-state index contributed by atoms with van der Waals surface area (Å²) in [7, 11) is 0. The maximum atomic E-state index is 11.7. The molecule has 1 saturated carbocycles. The number of hydrogen-bond donors (Lipinski definition) is 0. The van der Waals surface area contributed by atoms with Gasteiger partial charge in [-0.15, -0.1) is 0 Å². The normalized spacial score (nSPS) is 21.4. The van der Waals surface area contributed by atoms with E-state index < -0.39 is 5.41 Å². The zero-order valence-corrected chi connectivity index (χ0v) is 13.7. The van der Waals surface area contributed by atoms with Gasteiger partial charge in [-0.2, -0.15) is 0 Å². The standard InChI is InChI=1S/C17H31NO2/c1-5-6-7-8-9-11-14-12-10-13-15(14)18-20-16(19)17(2,3)4/h14H,5-13H2,1-4H3/b18-15-. The number of carbonyl (C=O) groups excluding carboxylic acids is 1. The number of carbonyl (C=O) groups is 1. The van der Waals surface area contributed by atoms with Crippen LogP contribution in [0.15, 0.2) is 5.16 Å². The highest BCUT2D eigenvalue weighted by molar-refractivity contribution is 5.88. The zero-order chi connectivity index (χ0) is 15.0. The molecule has 0 saturated heterocycles. The van der Waals surface area contributed by atoms with E-state index in [0.29, 0.717) is 5.92 Å². The molecule has 1 fully saturated rings. The molecule has 20 heavy (non-hydrogen) atoms. The summed E-state index contributed by atoms with van der Waals surface area (Å²) in [5.74, 6) is 0.308. The van der Waals surface area contributed by atoms with Gasteiger partial charge in [0.05, 0.1) is 11.1 Å². The monoisotopic (exact) mass is 281 g/mol. The quantitative estimate of drug-likeness (QED) is 0.370. The summed E-state index contributed by atoms with van der Waals surface area (Å²) in [6.07, 6.45) is 11.2. The lowest BCUT2D eigenvalue weighted by atomic mass is 9.97. The van der Waals surface area contributed by atoms with Crippen molar-refractivity contribution in [3.05, 3.63) is 0 Å². The number of nitrogens with zero attached hydrogens (tertiary/aromatic N) is 1. The summed E-state index contributed by atoms with van der Waals surface area (Å²) in [6.45, 7) is 7.81. The molecule has 0 aromatic carbocycles. The fourth-order valence-electron chi connectivity index (χ4n) is 2.56. The predicted molar refractivity (Wildman–Crippen MR) is 83.7 cm³/mol. The molecule has 1 unspecified atom stereocenters. The minimum absolute atomic E-state index is 0.237. The summed E-state index contributed by atoms with van der Waals surface area (Å²) in [4.78, 5) is 16.8. The largest absolute Gasteiger partial charge is 0.340 e. The first-order valence-corrected chi connectivity index (χ1v) is 8.23. The van der Waals surface area contributed by atoms with E-state index in [2.05, 4.69) is 12.1 Å². The Morgan fingerprint density at radius 1 is 1.25 bits per heavy atom. The Morgan fingerprint density at radius 3 is 2.60 bits per heavy atom. The first kappa shape index (κ1) is 17.2. The predicted octanol–water partition coefficient (Wildman–Crippen LogP) is 5.09. The molecule has 116 valence electrons. The van der Waals surface area contributed by atoms with Crippen molar-refractivity contribution < 1.29 is 9.63 Å². The van der Waals surface area contributed by atoms with Gasteiger partial charge in [-0.25, -0.2) is 4.79 Å². The first-order chi connectivity index (χ1) is 9.45. The van der Waals surface area contributed by atoms with Crippen LogP contribution in [0.4, 0.5) is 0 Å². The molecule has 1 aliphatic carbocycles. The molecule has 0 amide bonds. The van der Waals surface area contributed by atoms with Crippen molar-refractivity contribution in [2.75, 3.05) is 0 Å². The molecular weight excluding hydrogens is 250 g/mol. The fourth-order valence-corrected chi connectivity index (χ4v) is 2.56. The Labute approximate surface area is 124 Å².